The first kappa shape index (κ1) is 30.0. The Bertz CT molecular complexity index is 1480. The van der Waals surface area contributed by atoms with Crippen molar-refractivity contribution in [3.8, 4) is 6.07 Å². The van der Waals surface area contributed by atoms with Gasteiger partial charge in [0.05, 0.1) is 5.57 Å². The average molecular weight is 582 g/mol. The summed E-state index contributed by atoms with van der Waals surface area (Å²) in [6.45, 7) is 15.6. The number of benzene rings is 1. The molecule has 5 nitrogen and oxygen atoms in total. The van der Waals surface area contributed by atoms with Gasteiger partial charge in [-0.3, -0.25) is 14.4 Å². The molecule has 0 radical (unpaired) electrons. The van der Waals surface area contributed by atoms with Crippen molar-refractivity contribution in [1.82, 2.24) is 0 Å². The molecule has 1 aromatic carbocycles. The first-order valence-electron chi connectivity index (χ1n) is 16.3. The fraction of sp³-hybridized carbons (Fsp3) is 0.632. The number of ketones is 2. The van der Waals surface area contributed by atoms with E-state index in [-0.39, 0.29) is 34.2 Å². The van der Waals surface area contributed by atoms with Gasteiger partial charge in [-0.2, -0.15) is 5.26 Å². The molecular formula is C38H47NO4. The van der Waals surface area contributed by atoms with Crippen LogP contribution in [0, 0.1) is 68.0 Å². The van der Waals surface area contributed by atoms with Crippen molar-refractivity contribution in [3.05, 3.63) is 59.2 Å². The predicted octanol–water partition coefficient (Wildman–Crippen LogP) is 7.81. The van der Waals surface area contributed by atoms with Crippen LogP contribution in [0.3, 0.4) is 0 Å². The lowest BCUT2D eigenvalue weighted by molar-refractivity contribution is -0.186. The van der Waals surface area contributed by atoms with Gasteiger partial charge in [0.2, 0.25) is 0 Å². The van der Waals surface area contributed by atoms with Crippen LogP contribution in [0.5, 0.6) is 0 Å². The Hall–Kier alpha value is -3.00. The predicted molar refractivity (Wildman–Crippen MR) is 165 cm³/mol. The van der Waals surface area contributed by atoms with E-state index in [9.17, 15) is 19.6 Å². The van der Waals surface area contributed by atoms with Crippen LogP contribution in [0.15, 0.2) is 53.6 Å². The summed E-state index contributed by atoms with van der Waals surface area (Å²) in [5.74, 6) is -0.387. The Kier molecular flexibility index (Phi) is 6.81. The highest BCUT2D eigenvalue weighted by atomic mass is 16.5. The van der Waals surface area contributed by atoms with Gasteiger partial charge in [-0.05, 0) is 97.0 Å². The first-order chi connectivity index (χ1) is 20.2. The third-order valence-electron chi connectivity index (χ3n) is 13.9. The number of carbonyl (C=O) groups excluding carboxylic acids is 3. The molecular weight excluding hydrogens is 534 g/mol. The second-order valence-corrected chi connectivity index (χ2v) is 15.9. The molecule has 5 aliphatic rings. The van der Waals surface area contributed by atoms with E-state index in [1.807, 2.05) is 43.3 Å². The van der Waals surface area contributed by atoms with Crippen LogP contribution >= 0.6 is 0 Å². The molecule has 5 aliphatic carbocycles. The smallest absolute Gasteiger partial charge is 0.320 e. The van der Waals surface area contributed by atoms with Gasteiger partial charge in [0.15, 0.2) is 11.6 Å². The summed E-state index contributed by atoms with van der Waals surface area (Å²) in [5, 5.41) is 10.2. The normalized spacial score (nSPS) is 45.3. The van der Waals surface area contributed by atoms with Gasteiger partial charge in [-0.15, -0.1) is 0 Å². The molecule has 3 saturated carbocycles. The molecule has 0 heterocycles. The highest BCUT2D eigenvalue weighted by Gasteiger charge is 2.72. The van der Waals surface area contributed by atoms with E-state index in [0.717, 1.165) is 24.8 Å². The molecule has 3 fully saturated rings. The lowest BCUT2D eigenvalue weighted by Crippen LogP contribution is -2.67. The van der Waals surface area contributed by atoms with Crippen molar-refractivity contribution in [2.75, 3.05) is 0 Å². The Labute approximate surface area is 257 Å². The van der Waals surface area contributed by atoms with Crippen molar-refractivity contribution in [1.29, 1.82) is 5.26 Å². The van der Waals surface area contributed by atoms with Crippen LogP contribution < -0.4 is 0 Å². The fourth-order valence-corrected chi connectivity index (χ4v) is 11.1. The van der Waals surface area contributed by atoms with E-state index in [1.165, 1.54) is 18.4 Å². The largest absolute Gasteiger partial charge is 0.460 e. The standard InChI is InChI=1S/C38H47NO4/c1-23-13-15-34(3)17-18-36(5)27(30(34)24(23)2)19-28(40)31-35(4)20-26(21-39)32(41)38(7,29(35)14-16-37(31,36)6)33(42)43-22-25-11-9-8-10-12-25/h8-12,19-20,23-24,29-31H,13-18,22H2,1-7H3/t23-,24+,29-,30+,31-,34-,35+,36-,37-,38-/m1/s1. The van der Waals surface area contributed by atoms with E-state index < -0.39 is 34.4 Å². The lowest BCUT2D eigenvalue weighted by atomic mass is 9.33. The highest BCUT2D eigenvalue weighted by molar-refractivity contribution is 6.15. The van der Waals surface area contributed by atoms with E-state index in [1.54, 1.807) is 13.0 Å². The number of hydrogen-bond acceptors (Lipinski definition) is 5. The SMILES string of the molecule is C[C@H]1[C@H](C)CC[C@]2(C)CC[C@]3(C)C(=CC(=O)[C@@H]4[C@@]5(C)C=C(C#N)C(=O)[C@](C)(C(=O)OCc6ccccc6)[C@@H]5CC[C@]43C)[C@H]12. The molecule has 228 valence electrons. The number of rotatable bonds is 3. The maximum absolute atomic E-state index is 14.6. The maximum atomic E-state index is 14.6. The van der Waals surface area contributed by atoms with Gasteiger partial charge in [-0.25, -0.2) is 0 Å². The number of nitrogens with zero attached hydrogens (tertiary/aromatic N) is 1. The van der Waals surface area contributed by atoms with Gasteiger partial charge in [-0.1, -0.05) is 83.5 Å². The number of allylic oxidation sites excluding steroid dienone is 4. The minimum Gasteiger partial charge on any atom is -0.460 e. The third-order valence-corrected chi connectivity index (χ3v) is 13.9. The second-order valence-electron chi connectivity index (χ2n) is 15.9. The summed E-state index contributed by atoms with van der Waals surface area (Å²) < 4.78 is 5.82. The van der Waals surface area contributed by atoms with Crippen LogP contribution in [0.25, 0.3) is 0 Å². The molecule has 5 heteroatoms. The van der Waals surface area contributed by atoms with Crippen molar-refractivity contribution in [2.24, 2.45) is 56.7 Å². The van der Waals surface area contributed by atoms with Gasteiger partial charge in [0, 0.05) is 11.3 Å². The zero-order valence-corrected chi connectivity index (χ0v) is 27.0. The zero-order valence-electron chi connectivity index (χ0n) is 27.0. The summed E-state index contributed by atoms with van der Waals surface area (Å²) >= 11 is 0. The molecule has 0 spiro atoms. The molecule has 0 aromatic heterocycles. The first-order valence-corrected chi connectivity index (χ1v) is 16.3. The number of ether oxygens (including phenoxy) is 1. The summed E-state index contributed by atoms with van der Waals surface area (Å²) in [5.41, 5.74) is -0.590. The molecule has 0 unspecified atom stereocenters. The number of carbonyl (C=O) groups is 3. The molecule has 1 aromatic rings. The minimum atomic E-state index is -1.55. The summed E-state index contributed by atoms with van der Waals surface area (Å²) in [4.78, 5) is 42.5. The van der Waals surface area contributed by atoms with Crippen molar-refractivity contribution < 1.29 is 19.1 Å². The van der Waals surface area contributed by atoms with Gasteiger partial charge in [0.25, 0.3) is 0 Å². The Morgan fingerprint density at radius 2 is 1.67 bits per heavy atom. The minimum absolute atomic E-state index is 0.0270. The van der Waals surface area contributed by atoms with Crippen molar-refractivity contribution >= 4 is 17.5 Å². The van der Waals surface area contributed by atoms with Gasteiger partial charge in [0.1, 0.15) is 18.1 Å². The average Bonchev–Trinajstić information content (AvgIpc) is 2.97. The summed E-state index contributed by atoms with van der Waals surface area (Å²) in [6, 6.07) is 11.5. The third kappa shape index (κ3) is 3.90. The number of hydrogen-bond donors (Lipinski definition) is 0. The number of fused-ring (bicyclic) bond motifs is 7. The maximum Gasteiger partial charge on any atom is 0.320 e. The van der Waals surface area contributed by atoms with Crippen molar-refractivity contribution in [2.45, 2.75) is 93.6 Å². The van der Waals surface area contributed by atoms with E-state index >= 15 is 0 Å². The summed E-state index contributed by atoms with van der Waals surface area (Å²) in [7, 11) is 0. The molecule has 0 N–H and O–H groups in total. The van der Waals surface area contributed by atoms with E-state index in [4.69, 9.17) is 4.74 Å². The Balaban J connectivity index is 1.44. The number of nitriles is 1. The highest BCUT2D eigenvalue weighted by Crippen LogP contribution is 2.74. The Morgan fingerprint density at radius 3 is 2.35 bits per heavy atom. The van der Waals surface area contributed by atoms with E-state index in [2.05, 4.69) is 40.7 Å². The lowest BCUT2D eigenvalue weighted by Gasteiger charge is -2.69. The fourth-order valence-electron chi connectivity index (χ4n) is 11.1. The zero-order chi connectivity index (χ0) is 31.2. The topological polar surface area (TPSA) is 84.2 Å². The van der Waals surface area contributed by atoms with Crippen LogP contribution in [0.2, 0.25) is 0 Å². The van der Waals surface area contributed by atoms with Gasteiger partial charge >= 0.3 is 5.97 Å². The Morgan fingerprint density at radius 1 is 0.977 bits per heavy atom. The quantitative estimate of drug-likeness (QED) is 0.269. The second kappa shape index (κ2) is 9.75. The molecule has 0 amide bonds. The molecule has 0 bridgehead atoms. The van der Waals surface area contributed by atoms with Crippen LogP contribution in [0.1, 0.15) is 92.6 Å². The number of esters is 1. The molecule has 43 heavy (non-hydrogen) atoms. The molecule has 0 saturated heterocycles. The van der Waals surface area contributed by atoms with E-state index in [0.29, 0.717) is 24.2 Å². The van der Waals surface area contributed by atoms with Crippen molar-refractivity contribution in [3.63, 3.8) is 0 Å². The number of Topliss-reactive ketones (excluding diaryl/α,β-unsaturated/α-hetero) is 1. The molecule has 0 aliphatic heterocycles. The summed E-state index contributed by atoms with van der Waals surface area (Å²) in [6.07, 6.45) is 9.73. The molecule has 10 atom stereocenters. The monoisotopic (exact) mass is 581 g/mol. The van der Waals surface area contributed by atoms with Crippen LogP contribution in [-0.2, 0) is 25.7 Å². The molecule has 6 rings (SSSR count). The van der Waals surface area contributed by atoms with Crippen LogP contribution in [0.4, 0.5) is 0 Å². The van der Waals surface area contributed by atoms with Gasteiger partial charge < -0.3 is 4.74 Å². The van der Waals surface area contributed by atoms with Crippen LogP contribution in [-0.4, -0.2) is 17.5 Å².